The molecule has 0 radical (unpaired) electrons. The maximum atomic E-state index is 5.72. The van der Waals surface area contributed by atoms with E-state index in [4.69, 9.17) is 5.73 Å². The lowest BCUT2D eigenvalue weighted by molar-refractivity contribution is 0.748. The predicted molar refractivity (Wildman–Crippen MR) is 116 cm³/mol. The van der Waals surface area contributed by atoms with Crippen molar-refractivity contribution >= 4 is 44.3 Å². The van der Waals surface area contributed by atoms with Crippen LogP contribution in [0.4, 0.5) is 0 Å². The van der Waals surface area contributed by atoms with Crippen LogP contribution in [-0.2, 0) is 6.42 Å². The lowest BCUT2D eigenvalue weighted by Gasteiger charge is -2.07. The van der Waals surface area contributed by atoms with Gasteiger partial charge in [0.05, 0.1) is 11.2 Å². The SMILES string of the molecule is NCCCCc1c(-c2ccccc2I)[nH]c2c1ccc1ccccc12. The molecule has 0 fully saturated rings. The third-order valence-corrected chi connectivity index (χ3v) is 5.77. The fraction of sp³-hybridized carbons (Fsp3) is 0.182. The molecule has 0 spiro atoms. The van der Waals surface area contributed by atoms with Gasteiger partial charge in [0.2, 0.25) is 0 Å². The molecule has 1 aromatic heterocycles. The van der Waals surface area contributed by atoms with E-state index in [0.717, 1.165) is 25.8 Å². The average Bonchev–Trinajstić information content (AvgIpc) is 3.01. The minimum atomic E-state index is 0.753. The maximum absolute atomic E-state index is 5.72. The van der Waals surface area contributed by atoms with Crippen LogP contribution in [0.15, 0.2) is 60.7 Å². The van der Waals surface area contributed by atoms with Crippen molar-refractivity contribution in [2.45, 2.75) is 19.3 Å². The van der Waals surface area contributed by atoms with E-state index in [-0.39, 0.29) is 0 Å². The van der Waals surface area contributed by atoms with Gasteiger partial charge in [0.25, 0.3) is 0 Å². The third-order valence-electron chi connectivity index (χ3n) is 4.83. The summed E-state index contributed by atoms with van der Waals surface area (Å²) in [6, 6.07) is 21.7. The molecular weight excluding hydrogens is 419 g/mol. The van der Waals surface area contributed by atoms with Crippen LogP contribution in [0.1, 0.15) is 18.4 Å². The number of hydrogen-bond acceptors (Lipinski definition) is 1. The Bertz CT molecular complexity index is 1030. The molecule has 25 heavy (non-hydrogen) atoms. The Hall–Kier alpha value is -1.85. The first-order valence-electron chi connectivity index (χ1n) is 8.77. The number of halogens is 1. The van der Waals surface area contributed by atoms with Crippen LogP contribution in [0.25, 0.3) is 32.9 Å². The van der Waals surface area contributed by atoms with Gasteiger partial charge in [-0.15, -0.1) is 0 Å². The van der Waals surface area contributed by atoms with E-state index in [1.54, 1.807) is 0 Å². The first-order chi connectivity index (χ1) is 12.3. The van der Waals surface area contributed by atoms with E-state index >= 15 is 0 Å². The van der Waals surface area contributed by atoms with Gasteiger partial charge in [-0.2, -0.15) is 0 Å². The Balaban J connectivity index is 1.98. The topological polar surface area (TPSA) is 41.8 Å². The fourth-order valence-electron chi connectivity index (χ4n) is 3.59. The second-order valence-electron chi connectivity index (χ2n) is 6.41. The van der Waals surface area contributed by atoms with Crippen molar-refractivity contribution in [1.82, 2.24) is 4.98 Å². The Kier molecular flexibility index (Phi) is 4.77. The van der Waals surface area contributed by atoms with Gasteiger partial charge >= 0.3 is 0 Å². The van der Waals surface area contributed by atoms with Crippen LogP contribution in [0.2, 0.25) is 0 Å². The van der Waals surface area contributed by atoms with Gasteiger partial charge < -0.3 is 10.7 Å². The van der Waals surface area contributed by atoms with E-state index in [0.29, 0.717) is 0 Å². The van der Waals surface area contributed by atoms with Crippen LogP contribution in [0.5, 0.6) is 0 Å². The highest BCUT2D eigenvalue weighted by Crippen LogP contribution is 2.36. The first-order valence-corrected chi connectivity index (χ1v) is 9.84. The molecule has 2 nitrogen and oxygen atoms in total. The molecule has 126 valence electrons. The highest BCUT2D eigenvalue weighted by atomic mass is 127. The van der Waals surface area contributed by atoms with Crippen molar-refractivity contribution in [2.75, 3.05) is 6.54 Å². The summed E-state index contributed by atoms with van der Waals surface area (Å²) < 4.78 is 1.27. The quantitative estimate of drug-likeness (QED) is 0.296. The number of aryl methyl sites for hydroxylation is 1. The molecule has 0 saturated heterocycles. The molecule has 3 heteroatoms. The summed E-state index contributed by atoms with van der Waals surface area (Å²) in [6.07, 6.45) is 3.23. The van der Waals surface area contributed by atoms with Gasteiger partial charge in [0.15, 0.2) is 0 Å². The molecule has 4 aromatic rings. The number of aromatic amines is 1. The summed E-state index contributed by atoms with van der Waals surface area (Å²) >= 11 is 2.43. The Morgan fingerprint density at radius 1 is 0.840 bits per heavy atom. The van der Waals surface area contributed by atoms with Crippen LogP contribution in [-0.4, -0.2) is 11.5 Å². The number of aromatic nitrogens is 1. The van der Waals surface area contributed by atoms with Crippen LogP contribution < -0.4 is 5.73 Å². The van der Waals surface area contributed by atoms with E-state index in [9.17, 15) is 0 Å². The lowest BCUT2D eigenvalue weighted by Crippen LogP contribution is -1.99. The number of fused-ring (bicyclic) bond motifs is 3. The molecule has 0 bridgehead atoms. The summed E-state index contributed by atoms with van der Waals surface area (Å²) in [6.45, 7) is 0.753. The first kappa shape index (κ1) is 16.6. The van der Waals surface area contributed by atoms with E-state index < -0.39 is 0 Å². The second kappa shape index (κ2) is 7.18. The van der Waals surface area contributed by atoms with Gasteiger partial charge in [-0.1, -0.05) is 54.6 Å². The smallest absolute Gasteiger partial charge is 0.0541 e. The lowest BCUT2D eigenvalue weighted by atomic mass is 9.99. The van der Waals surface area contributed by atoms with E-state index in [1.165, 1.54) is 42.1 Å². The number of rotatable bonds is 5. The van der Waals surface area contributed by atoms with Gasteiger partial charge in [-0.3, -0.25) is 0 Å². The minimum Gasteiger partial charge on any atom is -0.354 e. The van der Waals surface area contributed by atoms with Gasteiger partial charge in [0.1, 0.15) is 0 Å². The average molecular weight is 440 g/mol. The summed E-state index contributed by atoms with van der Waals surface area (Å²) in [7, 11) is 0. The van der Waals surface area contributed by atoms with Crippen LogP contribution in [0, 0.1) is 3.57 Å². The van der Waals surface area contributed by atoms with Gasteiger partial charge in [-0.25, -0.2) is 0 Å². The molecule has 0 aliphatic rings. The number of nitrogens with one attached hydrogen (secondary N) is 1. The highest BCUT2D eigenvalue weighted by Gasteiger charge is 2.16. The molecule has 0 aliphatic carbocycles. The Morgan fingerprint density at radius 3 is 2.48 bits per heavy atom. The van der Waals surface area contributed by atoms with Gasteiger partial charge in [-0.05, 0) is 65.4 Å². The Labute approximate surface area is 161 Å². The van der Waals surface area contributed by atoms with Crippen molar-refractivity contribution in [3.8, 4) is 11.3 Å². The molecule has 1 heterocycles. The summed E-state index contributed by atoms with van der Waals surface area (Å²) in [4.78, 5) is 3.76. The molecule has 0 saturated carbocycles. The van der Waals surface area contributed by atoms with Gasteiger partial charge in [0, 0.05) is 19.9 Å². The summed E-state index contributed by atoms with van der Waals surface area (Å²) in [5.74, 6) is 0. The van der Waals surface area contributed by atoms with Crippen LogP contribution >= 0.6 is 22.6 Å². The number of nitrogens with two attached hydrogens (primary N) is 1. The normalized spacial score (nSPS) is 11.4. The van der Waals surface area contributed by atoms with E-state index in [1.807, 2.05) is 0 Å². The van der Waals surface area contributed by atoms with Crippen molar-refractivity contribution in [3.05, 3.63) is 69.8 Å². The van der Waals surface area contributed by atoms with Crippen molar-refractivity contribution in [2.24, 2.45) is 5.73 Å². The molecule has 3 N–H and O–H groups in total. The zero-order valence-corrected chi connectivity index (χ0v) is 16.2. The van der Waals surface area contributed by atoms with Crippen LogP contribution in [0.3, 0.4) is 0 Å². The third kappa shape index (κ3) is 3.07. The molecule has 3 aromatic carbocycles. The molecule has 4 rings (SSSR count). The fourth-order valence-corrected chi connectivity index (χ4v) is 4.25. The number of unbranched alkanes of at least 4 members (excludes halogenated alkanes) is 1. The molecule has 0 unspecified atom stereocenters. The van der Waals surface area contributed by atoms with Crippen molar-refractivity contribution in [3.63, 3.8) is 0 Å². The van der Waals surface area contributed by atoms with E-state index in [2.05, 4.69) is 88.2 Å². The van der Waals surface area contributed by atoms with Crippen molar-refractivity contribution in [1.29, 1.82) is 0 Å². The maximum Gasteiger partial charge on any atom is 0.0541 e. The molecular formula is C22H21IN2. The number of hydrogen-bond donors (Lipinski definition) is 2. The molecule has 0 atom stereocenters. The largest absolute Gasteiger partial charge is 0.354 e. The molecule has 0 aliphatic heterocycles. The number of H-pyrrole nitrogens is 1. The minimum absolute atomic E-state index is 0.753. The zero-order valence-electron chi connectivity index (χ0n) is 14.1. The second-order valence-corrected chi connectivity index (χ2v) is 7.58. The molecule has 0 amide bonds. The monoisotopic (exact) mass is 440 g/mol. The number of benzene rings is 3. The van der Waals surface area contributed by atoms with Crippen molar-refractivity contribution < 1.29 is 0 Å². The highest BCUT2D eigenvalue weighted by molar-refractivity contribution is 14.1. The summed E-state index contributed by atoms with van der Waals surface area (Å²) in [5, 5.41) is 3.90. The Morgan fingerprint density at radius 2 is 1.64 bits per heavy atom. The summed E-state index contributed by atoms with van der Waals surface area (Å²) in [5.41, 5.74) is 10.9. The predicted octanol–water partition coefficient (Wildman–Crippen LogP) is 5.87. The standard InChI is InChI=1S/C22H21IN2/c23-20-11-4-3-10-19(20)22-17(9-5-6-14-24)18-13-12-15-7-1-2-8-16(15)21(18)25-22/h1-4,7-8,10-13,25H,5-6,9,14,24H2. The zero-order chi connectivity index (χ0) is 17.2.